The number of allylic oxidation sites excluding steroid dienone is 1. The Morgan fingerprint density at radius 2 is 1.90 bits per heavy atom. The van der Waals surface area contributed by atoms with Crippen LogP contribution in [0, 0.1) is 13.8 Å². The Morgan fingerprint density at radius 1 is 1.20 bits per heavy atom. The fraction of sp³-hybridized carbons (Fsp3) is 0.118. The lowest BCUT2D eigenvalue weighted by molar-refractivity contribution is 0.104. The number of aromatic hydroxyl groups is 1. The van der Waals surface area contributed by atoms with Crippen LogP contribution in [0.4, 0.5) is 0 Å². The normalized spacial score (nSPS) is 10.9. The minimum Gasteiger partial charge on any atom is -0.507 e. The first-order chi connectivity index (χ1) is 9.49. The van der Waals surface area contributed by atoms with Gasteiger partial charge in [-0.1, -0.05) is 35.9 Å². The standard InChI is InChI=1S/C17H15ClO2/c1-11-9-12(2)17(20)14(10-11)16(19)8-7-13-5-3-4-6-15(13)18/h3-10,20H,1-2H3/b8-7+. The first-order valence-electron chi connectivity index (χ1n) is 6.26. The van der Waals surface area contributed by atoms with E-state index >= 15 is 0 Å². The lowest BCUT2D eigenvalue weighted by Gasteiger charge is -2.06. The molecule has 2 aromatic rings. The number of halogens is 1. The number of phenolic OH excluding ortho intramolecular Hbond substituents is 1. The van der Waals surface area contributed by atoms with Crippen LogP contribution in [0.5, 0.6) is 5.75 Å². The second-order valence-corrected chi connectivity index (χ2v) is 5.10. The van der Waals surface area contributed by atoms with Gasteiger partial charge in [0.05, 0.1) is 5.56 Å². The Balaban J connectivity index is 2.32. The predicted molar refractivity (Wildman–Crippen MR) is 82.4 cm³/mol. The molecule has 1 N–H and O–H groups in total. The number of phenols is 1. The van der Waals surface area contributed by atoms with E-state index in [1.807, 2.05) is 31.2 Å². The van der Waals surface area contributed by atoms with Crippen LogP contribution in [0.25, 0.3) is 6.08 Å². The summed E-state index contributed by atoms with van der Waals surface area (Å²) in [6.07, 6.45) is 3.08. The number of ketones is 1. The molecule has 20 heavy (non-hydrogen) atoms. The van der Waals surface area contributed by atoms with Crippen molar-refractivity contribution in [2.24, 2.45) is 0 Å². The quantitative estimate of drug-likeness (QED) is 0.663. The van der Waals surface area contributed by atoms with Gasteiger partial charge in [-0.15, -0.1) is 0 Å². The maximum atomic E-state index is 12.2. The molecule has 0 fully saturated rings. The molecular weight excluding hydrogens is 272 g/mol. The molecule has 0 aromatic heterocycles. The Kier molecular flexibility index (Phi) is 4.26. The van der Waals surface area contributed by atoms with Crippen LogP contribution >= 0.6 is 11.6 Å². The van der Waals surface area contributed by atoms with Crippen molar-refractivity contribution in [3.8, 4) is 5.75 Å². The van der Waals surface area contributed by atoms with E-state index in [0.717, 1.165) is 11.1 Å². The van der Waals surface area contributed by atoms with Crippen molar-refractivity contribution < 1.29 is 9.90 Å². The summed E-state index contributed by atoms with van der Waals surface area (Å²) in [6, 6.07) is 10.8. The summed E-state index contributed by atoms with van der Waals surface area (Å²) in [4.78, 5) is 12.2. The van der Waals surface area contributed by atoms with Crippen molar-refractivity contribution in [3.63, 3.8) is 0 Å². The number of hydrogen-bond donors (Lipinski definition) is 1. The van der Waals surface area contributed by atoms with Gasteiger partial charge in [-0.3, -0.25) is 4.79 Å². The van der Waals surface area contributed by atoms with E-state index in [-0.39, 0.29) is 11.5 Å². The zero-order valence-electron chi connectivity index (χ0n) is 11.4. The topological polar surface area (TPSA) is 37.3 Å². The Bertz CT molecular complexity index is 687. The molecule has 0 amide bonds. The Morgan fingerprint density at radius 3 is 2.60 bits per heavy atom. The highest BCUT2D eigenvalue weighted by Gasteiger charge is 2.11. The zero-order chi connectivity index (χ0) is 14.7. The number of carbonyl (C=O) groups excluding carboxylic acids is 1. The third-order valence-corrected chi connectivity index (χ3v) is 3.37. The molecule has 0 spiro atoms. The van der Waals surface area contributed by atoms with E-state index in [0.29, 0.717) is 16.1 Å². The molecular formula is C17H15ClO2. The largest absolute Gasteiger partial charge is 0.507 e. The van der Waals surface area contributed by atoms with Crippen LogP contribution in [0.15, 0.2) is 42.5 Å². The van der Waals surface area contributed by atoms with E-state index in [2.05, 4.69) is 0 Å². The van der Waals surface area contributed by atoms with Crippen molar-refractivity contribution in [1.29, 1.82) is 0 Å². The van der Waals surface area contributed by atoms with Crippen LogP contribution in [0.2, 0.25) is 5.02 Å². The fourth-order valence-corrected chi connectivity index (χ4v) is 2.21. The molecule has 2 nitrogen and oxygen atoms in total. The molecule has 2 aromatic carbocycles. The Labute approximate surface area is 123 Å². The molecule has 0 saturated carbocycles. The van der Waals surface area contributed by atoms with Gasteiger partial charge in [-0.05, 0) is 54.8 Å². The molecule has 0 radical (unpaired) electrons. The highest BCUT2D eigenvalue weighted by Crippen LogP contribution is 2.25. The number of benzene rings is 2. The van der Waals surface area contributed by atoms with Crippen molar-refractivity contribution in [2.75, 3.05) is 0 Å². The van der Waals surface area contributed by atoms with Crippen molar-refractivity contribution in [1.82, 2.24) is 0 Å². The summed E-state index contributed by atoms with van der Waals surface area (Å²) >= 11 is 6.02. The minimum atomic E-state index is -0.241. The van der Waals surface area contributed by atoms with Crippen molar-refractivity contribution in [2.45, 2.75) is 13.8 Å². The van der Waals surface area contributed by atoms with Gasteiger partial charge in [0.2, 0.25) is 0 Å². The maximum Gasteiger partial charge on any atom is 0.189 e. The first-order valence-corrected chi connectivity index (χ1v) is 6.64. The smallest absolute Gasteiger partial charge is 0.189 e. The SMILES string of the molecule is Cc1cc(C)c(O)c(C(=O)/C=C/c2ccccc2Cl)c1. The van der Waals surface area contributed by atoms with E-state index in [4.69, 9.17) is 11.6 Å². The fourth-order valence-electron chi connectivity index (χ4n) is 2.01. The molecule has 0 aliphatic carbocycles. The van der Waals surface area contributed by atoms with Crippen molar-refractivity contribution in [3.05, 3.63) is 69.8 Å². The third-order valence-electron chi connectivity index (χ3n) is 3.03. The van der Waals surface area contributed by atoms with Gasteiger partial charge in [-0.2, -0.15) is 0 Å². The van der Waals surface area contributed by atoms with Crippen LogP contribution in [0.3, 0.4) is 0 Å². The van der Waals surface area contributed by atoms with Gasteiger partial charge in [0, 0.05) is 5.02 Å². The van der Waals surface area contributed by atoms with E-state index in [1.165, 1.54) is 6.08 Å². The van der Waals surface area contributed by atoms with Crippen molar-refractivity contribution >= 4 is 23.5 Å². The van der Waals surface area contributed by atoms with Gasteiger partial charge < -0.3 is 5.11 Å². The molecule has 0 unspecified atom stereocenters. The van der Waals surface area contributed by atoms with E-state index in [9.17, 15) is 9.90 Å². The van der Waals surface area contributed by atoms with E-state index < -0.39 is 0 Å². The minimum absolute atomic E-state index is 0.0319. The average molecular weight is 287 g/mol. The summed E-state index contributed by atoms with van der Waals surface area (Å²) in [5.41, 5.74) is 2.71. The number of carbonyl (C=O) groups is 1. The molecule has 3 heteroatoms. The molecule has 0 aliphatic rings. The number of rotatable bonds is 3. The summed E-state index contributed by atoms with van der Waals surface area (Å²) in [6.45, 7) is 3.66. The van der Waals surface area contributed by atoms with Crippen LogP contribution in [-0.4, -0.2) is 10.9 Å². The third kappa shape index (κ3) is 3.09. The Hall–Kier alpha value is -2.06. The summed E-state index contributed by atoms with van der Waals surface area (Å²) < 4.78 is 0. The number of aryl methyl sites for hydroxylation is 2. The second-order valence-electron chi connectivity index (χ2n) is 4.70. The summed E-state index contributed by atoms with van der Waals surface area (Å²) in [5.74, 6) is -0.210. The maximum absolute atomic E-state index is 12.2. The van der Waals surface area contributed by atoms with Gasteiger partial charge in [0.25, 0.3) is 0 Å². The van der Waals surface area contributed by atoms with Crippen LogP contribution in [0.1, 0.15) is 27.0 Å². The lowest BCUT2D eigenvalue weighted by Crippen LogP contribution is -1.97. The second kappa shape index (κ2) is 5.93. The molecule has 0 aliphatic heterocycles. The first kappa shape index (κ1) is 14.4. The highest BCUT2D eigenvalue weighted by molar-refractivity contribution is 6.32. The summed E-state index contributed by atoms with van der Waals surface area (Å²) in [7, 11) is 0. The van der Waals surface area contributed by atoms with Gasteiger partial charge in [-0.25, -0.2) is 0 Å². The monoisotopic (exact) mass is 286 g/mol. The van der Waals surface area contributed by atoms with Gasteiger partial charge in [0.15, 0.2) is 5.78 Å². The molecule has 2 rings (SSSR count). The van der Waals surface area contributed by atoms with Crippen LogP contribution < -0.4 is 0 Å². The number of hydrogen-bond acceptors (Lipinski definition) is 2. The highest BCUT2D eigenvalue weighted by atomic mass is 35.5. The zero-order valence-corrected chi connectivity index (χ0v) is 12.1. The lowest BCUT2D eigenvalue weighted by atomic mass is 10.0. The van der Waals surface area contributed by atoms with Gasteiger partial charge >= 0.3 is 0 Å². The van der Waals surface area contributed by atoms with E-state index in [1.54, 1.807) is 25.1 Å². The summed E-state index contributed by atoms with van der Waals surface area (Å²) in [5, 5.41) is 10.5. The molecule has 0 bridgehead atoms. The molecule has 0 atom stereocenters. The predicted octanol–water partition coefficient (Wildman–Crippen LogP) is 4.56. The molecule has 102 valence electrons. The van der Waals surface area contributed by atoms with Gasteiger partial charge in [0.1, 0.15) is 5.75 Å². The van der Waals surface area contributed by atoms with Crippen LogP contribution in [-0.2, 0) is 0 Å². The molecule has 0 saturated heterocycles. The molecule has 0 heterocycles. The average Bonchev–Trinajstić information content (AvgIpc) is 2.41.